The fourth-order valence-corrected chi connectivity index (χ4v) is 2.40. The van der Waals surface area contributed by atoms with E-state index in [1.807, 2.05) is 0 Å². The highest BCUT2D eigenvalue weighted by Gasteiger charge is 2.20. The second-order valence-electron chi connectivity index (χ2n) is 3.74. The van der Waals surface area contributed by atoms with Crippen LogP contribution in [0.4, 0.5) is 5.95 Å². The molecule has 10 heteroatoms. The van der Waals surface area contributed by atoms with Crippen molar-refractivity contribution in [1.29, 1.82) is 0 Å². The van der Waals surface area contributed by atoms with Crippen LogP contribution in [-0.2, 0) is 14.8 Å². The molecule has 0 aliphatic carbocycles. The van der Waals surface area contributed by atoms with Gasteiger partial charge in [0.05, 0.1) is 24.4 Å². The third kappa shape index (κ3) is 3.23. The van der Waals surface area contributed by atoms with Crippen LogP contribution in [0.3, 0.4) is 0 Å². The summed E-state index contributed by atoms with van der Waals surface area (Å²) in [5, 5.41) is 16.5. The van der Waals surface area contributed by atoms with Crippen LogP contribution in [0.5, 0.6) is 5.75 Å². The number of anilines is 1. The van der Waals surface area contributed by atoms with Crippen molar-refractivity contribution < 1.29 is 23.1 Å². The average molecular weight is 310 g/mol. The fraction of sp³-hybridized carbons (Fsp3) is 0.0909. The van der Waals surface area contributed by atoms with Crippen molar-refractivity contribution in [2.75, 3.05) is 11.8 Å². The Morgan fingerprint density at radius 2 is 2.10 bits per heavy atom. The van der Waals surface area contributed by atoms with Gasteiger partial charge in [-0.2, -0.15) is 5.10 Å². The number of aromatic nitrogens is 3. The Morgan fingerprint density at radius 1 is 1.33 bits per heavy atom. The lowest BCUT2D eigenvalue weighted by atomic mass is 10.2. The Balaban J connectivity index is 2.39. The summed E-state index contributed by atoms with van der Waals surface area (Å²) in [5.74, 6) is -1.47. The predicted molar refractivity (Wildman–Crippen MR) is 70.1 cm³/mol. The average Bonchev–Trinajstić information content (AvgIpc) is 2.47. The standard InChI is InChI=1S/C11H10N4O5S/c1-20-10(17)8-6-7(2-3-9(8)16)21(18,19)15-11-12-4-5-13-14-11/h2-6,16H,1H3,(H,12,14,15). The summed E-state index contributed by atoms with van der Waals surface area (Å²) in [4.78, 5) is 14.9. The Hall–Kier alpha value is -2.75. The molecule has 0 unspecified atom stereocenters. The molecule has 0 radical (unpaired) electrons. The number of carbonyl (C=O) groups excluding carboxylic acids is 1. The molecule has 0 spiro atoms. The number of sulfonamides is 1. The molecule has 110 valence electrons. The van der Waals surface area contributed by atoms with Crippen molar-refractivity contribution in [2.45, 2.75) is 4.90 Å². The van der Waals surface area contributed by atoms with Crippen LogP contribution >= 0.6 is 0 Å². The molecule has 0 saturated heterocycles. The zero-order chi connectivity index (χ0) is 15.5. The van der Waals surface area contributed by atoms with Gasteiger partial charge in [-0.1, -0.05) is 0 Å². The second-order valence-corrected chi connectivity index (χ2v) is 5.42. The van der Waals surface area contributed by atoms with Crippen LogP contribution in [-0.4, -0.2) is 41.8 Å². The van der Waals surface area contributed by atoms with E-state index in [0.717, 1.165) is 25.3 Å². The van der Waals surface area contributed by atoms with Gasteiger partial charge in [-0.25, -0.2) is 22.9 Å². The number of aromatic hydroxyl groups is 1. The van der Waals surface area contributed by atoms with E-state index < -0.39 is 21.7 Å². The second kappa shape index (κ2) is 5.71. The number of esters is 1. The highest BCUT2D eigenvalue weighted by molar-refractivity contribution is 7.92. The normalized spacial score (nSPS) is 10.9. The maximum atomic E-state index is 12.1. The highest BCUT2D eigenvalue weighted by atomic mass is 32.2. The molecule has 1 heterocycles. The summed E-state index contributed by atoms with van der Waals surface area (Å²) in [6.45, 7) is 0. The lowest BCUT2D eigenvalue weighted by molar-refractivity contribution is 0.0597. The molecule has 0 atom stereocenters. The van der Waals surface area contributed by atoms with Crippen LogP contribution < -0.4 is 4.72 Å². The lowest BCUT2D eigenvalue weighted by Crippen LogP contribution is -2.16. The van der Waals surface area contributed by atoms with E-state index in [0.29, 0.717) is 0 Å². The van der Waals surface area contributed by atoms with Gasteiger partial charge >= 0.3 is 5.97 Å². The van der Waals surface area contributed by atoms with E-state index in [2.05, 4.69) is 24.6 Å². The largest absolute Gasteiger partial charge is 0.507 e. The minimum absolute atomic E-state index is 0.217. The van der Waals surface area contributed by atoms with Crippen LogP contribution in [0, 0.1) is 0 Å². The zero-order valence-electron chi connectivity index (χ0n) is 10.7. The Kier molecular flexibility index (Phi) is 3.98. The molecule has 0 fully saturated rings. The summed E-state index contributed by atoms with van der Waals surface area (Å²) in [6.07, 6.45) is 2.55. The third-order valence-corrected chi connectivity index (χ3v) is 3.72. The SMILES string of the molecule is COC(=O)c1cc(S(=O)(=O)Nc2nccnn2)ccc1O. The first-order valence-electron chi connectivity index (χ1n) is 5.52. The van der Waals surface area contributed by atoms with Crippen LogP contribution in [0.15, 0.2) is 35.5 Å². The summed E-state index contributed by atoms with van der Waals surface area (Å²) in [6, 6.07) is 3.19. The van der Waals surface area contributed by atoms with Crippen molar-refractivity contribution in [2.24, 2.45) is 0 Å². The van der Waals surface area contributed by atoms with Crippen molar-refractivity contribution in [3.63, 3.8) is 0 Å². The number of carbonyl (C=O) groups is 1. The van der Waals surface area contributed by atoms with Crippen LogP contribution in [0.25, 0.3) is 0 Å². The van der Waals surface area contributed by atoms with E-state index >= 15 is 0 Å². The number of hydrogen-bond acceptors (Lipinski definition) is 8. The summed E-state index contributed by atoms with van der Waals surface area (Å²) in [5.41, 5.74) is -0.271. The van der Waals surface area contributed by atoms with Crippen LogP contribution in [0.1, 0.15) is 10.4 Å². The van der Waals surface area contributed by atoms with E-state index in [-0.39, 0.29) is 16.4 Å². The molecular formula is C11H10N4O5S. The molecular weight excluding hydrogens is 300 g/mol. The van der Waals surface area contributed by atoms with E-state index in [1.165, 1.54) is 12.4 Å². The molecule has 0 aliphatic rings. The smallest absolute Gasteiger partial charge is 0.341 e. The molecule has 21 heavy (non-hydrogen) atoms. The molecule has 9 nitrogen and oxygen atoms in total. The van der Waals surface area contributed by atoms with Gasteiger partial charge in [0.2, 0.25) is 0 Å². The van der Waals surface area contributed by atoms with E-state index in [9.17, 15) is 18.3 Å². The van der Waals surface area contributed by atoms with Crippen molar-refractivity contribution in [3.05, 3.63) is 36.2 Å². The number of phenols is 1. The molecule has 0 saturated carbocycles. The van der Waals surface area contributed by atoms with Crippen molar-refractivity contribution in [1.82, 2.24) is 15.2 Å². The summed E-state index contributed by atoms with van der Waals surface area (Å²) in [7, 11) is -2.91. The first kappa shape index (κ1) is 14.7. The highest BCUT2D eigenvalue weighted by Crippen LogP contribution is 2.23. The molecule has 2 aromatic rings. The van der Waals surface area contributed by atoms with Gasteiger partial charge in [0.25, 0.3) is 16.0 Å². The number of ether oxygens (including phenoxy) is 1. The van der Waals surface area contributed by atoms with Crippen LogP contribution in [0.2, 0.25) is 0 Å². The first-order valence-corrected chi connectivity index (χ1v) is 7.00. The molecule has 2 rings (SSSR count). The van der Waals surface area contributed by atoms with Gasteiger partial charge in [0, 0.05) is 0 Å². The van der Waals surface area contributed by atoms with Gasteiger partial charge in [-0.05, 0) is 18.2 Å². The minimum atomic E-state index is -4.03. The molecule has 0 bridgehead atoms. The van der Waals surface area contributed by atoms with Gasteiger partial charge in [-0.15, -0.1) is 5.10 Å². The quantitative estimate of drug-likeness (QED) is 0.764. The number of hydrogen-bond donors (Lipinski definition) is 2. The molecule has 1 aromatic carbocycles. The zero-order valence-corrected chi connectivity index (χ0v) is 11.5. The number of rotatable bonds is 4. The number of benzene rings is 1. The lowest BCUT2D eigenvalue weighted by Gasteiger charge is -2.08. The van der Waals surface area contributed by atoms with Crippen molar-refractivity contribution >= 4 is 21.9 Å². The predicted octanol–water partition coefficient (Wildman–Crippen LogP) is 0.165. The summed E-state index contributed by atoms with van der Waals surface area (Å²) >= 11 is 0. The van der Waals surface area contributed by atoms with E-state index in [4.69, 9.17) is 0 Å². The molecule has 0 aliphatic heterocycles. The first-order chi connectivity index (χ1) is 9.94. The molecule has 1 aromatic heterocycles. The topological polar surface area (TPSA) is 131 Å². The van der Waals surface area contributed by atoms with Crippen molar-refractivity contribution in [3.8, 4) is 5.75 Å². The van der Waals surface area contributed by atoms with E-state index in [1.54, 1.807) is 0 Å². The monoisotopic (exact) mass is 310 g/mol. The van der Waals surface area contributed by atoms with Gasteiger partial charge < -0.3 is 9.84 Å². The van der Waals surface area contributed by atoms with Gasteiger partial charge in [-0.3, -0.25) is 0 Å². The maximum Gasteiger partial charge on any atom is 0.341 e. The van der Waals surface area contributed by atoms with Gasteiger partial charge in [0.1, 0.15) is 11.3 Å². The Labute approximate surface area is 119 Å². The number of methoxy groups -OCH3 is 1. The fourth-order valence-electron chi connectivity index (χ4n) is 1.43. The minimum Gasteiger partial charge on any atom is -0.507 e. The maximum absolute atomic E-state index is 12.1. The molecule has 2 N–H and O–H groups in total. The number of phenolic OH excluding ortho intramolecular Hbond substituents is 1. The Bertz CT molecular complexity index is 763. The number of nitrogens with one attached hydrogen (secondary N) is 1. The molecule has 0 amide bonds. The van der Waals surface area contributed by atoms with Gasteiger partial charge in [0.15, 0.2) is 0 Å². The summed E-state index contributed by atoms with van der Waals surface area (Å²) < 4.78 is 30.8. The number of nitrogens with zero attached hydrogens (tertiary/aromatic N) is 3. The Morgan fingerprint density at radius 3 is 2.71 bits per heavy atom. The third-order valence-electron chi connectivity index (χ3n) is 2.39.